The Morgan fingerprint density at radius 2 is 1.69 bits per heavy atom. The number of hydrogen-bond acceptors (Lipinski definition) is 4. The van der Waals surface area contributed by atoms with Crippen LogP contribution in [0.4, 0.5) is 0 Å². The molecule has 0 bridgehead atoms. The maximum Gasteiger partial charge on any atom is 0.325 e. The van der Waals surface area contributed by atoms with Crippen molar-refractivity contribution < 1.29 is 19.1 Å². The lowest BCUT2D eigenvalue weighted by Crippen LogP contribution is -2.40. The van der Waals surface area contributed by atoms with Gasteiger partial charge in [0.1, 0.15) is 6.54 Å². The van der Waals surface area contributed by atoms with E-state index in [-0.39, 0.29) is 25.0 Å². The van der Waals surface area contributed by atoms with Gasteiger partial charge in [-0.1, -0.05) is 45.4 Å². The number of rotatable bonds is 9. The first-order chi connectivity index (χ1) is 12.2. The molecule has 1 aromatic carbocycles. The summed E-state index contributed by atoms with van der Waals surface area (Å²) in [6.07, 6.45) is 0. The monoisotopic (exact) mass is 362 g/mol. The topological polar surface area (TPSA) is 75.7 Å². The molecule has 0 aliphatic carbocycles. The predicted molar refractivity (Wildman–Crippen MR) is 101 cm³/mol. The molecule has 6 nitrogen and oxygen atoms in total. The summed E-state index contributed by atoms with van der Waals surface area (Å²) in [4.78, 5) is 37.8. The molecule has 144 valence electrons. The van der Waals surface area contributed by atoms with Crippen LogP contribution in [0.1, 0.15) is 43.6 Å². The van der Waals surface area contributed by atoms with Crippen LogP contribution in [0.2, 0.25) is 0 Å². The maximum absolute atomic E-state index is 12.3. The summed E-state index contributed by atoms with van der Waals surface area (Å²) >= 11 is 0. The fourth-order valence-corrected chi connectivity index (χ4v) is 2.49. The van der Waals surface area contributed by atoms with Crippen LogP contribution >= 0.6 is 0 Å². The van der Waals surface area contributed by atoms with Crippen molar-refractivity contribution >= 4 is 17.8 Å². The van der Waals surface area contributed by atoms with E-state index >= 15 is 0 Å². The molecule has 26 heavy (non-hydrogen) atoms. The molecule has 0 unspecified atom stereocenters. The molecule has 0 aliphatic heterocycles. The van der Waals surface area contributed by atoms with Crippen LogP contribution in [0.3, 0.4) is 0 Å². The second-order valence-electron chi connectivity index (χ2n) is 7.30. The number of nitrogens with zero attached hydrogens (tertiary/aromatic N) is 1. The van der Waals surface area contributed by atoms with E-state index in [1.54, 1.807) is 23.1 Å². The molecular weight excluding hydrogens is 332 g/mol. The SMILES string of the molecule is Cc1cccc(C(=O)NCC(=O)OCC(=O)N(CC(C)C)CC(C)C)c1. The average Bonchev–Trinajstić information content (AvgIpc) is 2.56. The third-order valence-corrected chi connectivity index (χ3v) is 3.55. The van der Waals surface area contributed by atoms with Crippen LogP contribution in [-0.4, -0.2) is 48.9 Å². The maximum atomic E-state index is 12.3. The van der Waals surface area contributed by atoms with Gasteiger partial charge in [-0.15, -0.1) is 0 Å². The average molecular weight is 362 g/mol. The standard InChI is InChI=1S/C20H30N2O4/c1-14(2)11-22(12-15(3)4)18(23)13-26-19(24)10-21-20(25)17-8-6-7-16(5)9-17/h6-9,14-15H,10-13H2,1-5H3,(H,21,25). The fraction of sp³-hybridized carbons (Fsp3) is 0.550. The van der Waals surface area contributed by atoms with Crippen LogP contribution in [0.15, 0.2) is 24.3 Å². The van der Waals surface area contributed by atoms with E-state index in [0.717, 1.165) is 5.56 Å². The van der Waals surface area contributed by atoms with E-state index in [1.807, 2.05) is 40.7 Å². The first kappa shape index (κ1) is 21.7. The van der Waals surface area contributed by atoms with Crippen molar-refractivity contribution in [1.82, 2.24) is 10.2 Å². The van der Waals surface area contributed by atoms with Crippen LogP contribution in [0.5, 0.6) is 0 Å². The second kappa shape index (κ2) is 10.6. The van der Waals surface area contributed by atoms with Gasteiger partial charge in [0, 0.05) is 18.7 Å². The molecule has 6 heteroatoms. The zero-order valence-corrected chi connectivity index (χ0v) is 16.4. The molecule has 1 rings (SSSR count). The molecular formula is C20H30N2O4. The number of benzene rings is 1. The van der Waals surface area contributed by atoms with E-state index < -0.39 is 5.97 Å². The lowest BCUT2D eigenvalue weighted by molar-refractivity contribution is -0.151. The molecule has 0 heterocycles. The van der Waals surface area contributed by atoms with Gasteiger partial charge in [0.15, 0.2) is 6.61 Å². The number of amides is 2. The molecule has 0 aromatic heterocycles. The van der Waals surface area contributed by atoms with Crippen molar-refractivity contribution in [2.75, 3.05) is 26.2 Å². The molecule has 0 saturated heterocycles. The van der Waals surface area contributed by atoms with Gasteiger partial charge in [0.05, 0.1) is 0 Å². The largest absolute Gasteiger partial charge is 0.454 e. The Labute approximate surface area is 155 Å². The Morgan fingerprint density at radius 3 is 2.23 bits per heavy atom. The zero-order chi connectivity index (χ0) is 19.7. The second-order valence-corrected chi connectivity index (χ2v) is 7.30. The summed E-state index contributed by atoms with van der Waals surface area (Å²) in [5, 5.41) is 2.50. The minimum Gasteiger partial charge on any atom is -0.454 e. The summed E-state index contributed by atoms with van der Waals surface area (Å²) in [5.74, 6) is -0.526. The highest BCUT2D eigenvalue weighted by Gasteiger charge is 2.18. The molecule has 0 atom stereocenters. The zero-order valence-electron chi connectivity index (χ0n) is 16.4. The van der Waals surface area contributed by atoms with Gasteiger partial charge >= 0.3 is 5.97 Å². The third-order valence-electron chi connectivity index (χ3n) is 3.55. The van der Waals surface area contributed by atoms with Gasteiger partial charge in [0.25, 0.3) is 11.8 Å². The van der Waals surface area contributed by atoms with Crippen molar-refractivity contribution in [3.63, 3.8) is 0 Å². The number of carbonyl (C=O) groups is 3. The Bertz CT molecular complexity index is 616. The summed E-state index contributed by atoms with van der Waals surface area (Å²) in [7, 11) is 0. The van der Waals surface area contributed by atoms with E-state index in [1.165, 1.54) is 0 Å². The number of carbonyl (C=O) groups excluding carboxylic acids is 3. The van der Waals surface area contributed by atoms with Gasteiger partial charge in [-0.2, -0.15) is 0 Å². The highest BCUT2D eigenvalue weighted by atomic mass is 16.5. The number of aryl methyl sites for hydroxylation is 1. The van der Waals surface area contributed by atoms with Gasteiger partial charge < -0.3 is 15.0 Å². The fourth-order valence-electron chi connectivity index (χ4n) is 2.49. The molecule has 1 N–H and O–H groups in total. The Morgan fingerprint density at radius 1 is 1.08 bits per heavy atom. The Balaban J connectivity index is 2.44. The van der Waals surface area contributed by atoms with Crippen molar-refractivity contribution in [1.29, 1.82) is 0 Å². The van der Waals surface area contributed by atoms with Crippen molar-refractivity contribution in [2.24, 2.45) is 11.8 Å². The molecule has 0 spiro atoms. The minimum atomic E-state index is -0.631. The number of nitrogens with one attached hydrogen (secondary N) is 1. The Kier molecular flexibility index (Phi) is 8.82. The molecule has 0 saturated carbocycles. The number of ether oxygens (including phenoxy) is 1. The first-order valence-electron chi connectivity index (χ1n) is 8.97. The highest BCUT2D eigenvalue weighted by Crippen LogP contribution is 2.05. The van der Waals surface area contributed by atoms with Crippen LogP contribution in [-0.2, 0) is 14.3 Å². The van der Waals surface area contributed by atoms with Gasteiger partial charge in [0.2, 0.25) is 0 Å². The van der Waals surface area contributed by atoms with E-state index in [2.05, 4.69) is 5.32 Å². The predicted octanol–water partition coefficient (Wildman–Crippen LogP) is 2.41. The van der Waals surface area contributed by atoms with Crippen LogP contribution in [0, 0.1) is 18.8 Å². The molecule has 2 amide bonds. The molecule has 0 fully saturated rings. The summed E-state index contributed by atoms with van der Waals surface area (Å²) in [6.45, 7) is 10.7. The molecule has 0 aliphatic rings. The van der Waals surface area contributed by atoms with Gasteiger partial charge in [-0.3, -0.25) is 14.4 Å². The van der Waals surface area contributed by atoms with Crippen LogP contribution < -0.4 is 5.32 Å². The number of esters is 1. The smallest absolute Gasteiger partial charge is 0.325 e. The lowest BCUT2D eigenvalue weighted by atomic mass is 10.1. The lowest BCUT2D eigenvalue weighted by Gasteiger charge is -2.26. The van der Waals surface area contributed by atoms with Crippen LogP contribution in [0.25, 0.3) is 0 Å². The number of hydrogen-bond donors (Lipinski definition) is 1. The Hall–Kier alpha value is -2.37. The first-order valence-corrected chi connectivity index (χ1v) is 8.97. The summed E-state index contributed by atoms with van der Waals surface area (Å²) in [6, 6.07) is 7.07. The van der Waals surface area contributed by atoms with Crippen molar-refractivity contribution in [3.8, 4) is 0 Å². The van der Waals surface area contributed by atoms with E-state index in [0.29, 0.717) is 30.5 Å². The van der Waals surface area contributed by atoms with Crippen molar-refractivity contribution in [2.45, 2.75) is 34.6 Å². The highest BCUT2D eigenvalue weighted by molar-refractivity contribution is 5.96. The molecule has 0 radical (unpaired) electrons. The van der Waals surface area contributed by atoms with Gasteiger partial charge in [-0.25, -0.2) is 0 Å². The van der Waals surface area contributed by atoms with Gasteiger partial charge in [-0.05, 0) is 30.9 Å². The molecule has 1 aromatic rings. The van der Waals surface area contributed by atoms with E-state index in [9.17, 15) is 14.4 Å². The summed E-state index contributed by atoms with van der Waals surface area (Å²) in [5.41, 5.74) is 1.44. The third kappa shape index (κ3) is 8.14. The normalized spacial score (nSPS) is 10.7. The van der Waals surface area contributed by atoms with E-state index in [4.69, 9.17) is 4.74 Å². The summed E-state index contributed by atoms with van der Waals surface area (Å²) < 4.78 is 5.01. The van der Waals surface area contributed by atoms with Crippen molar-refractivity contribution in [3.05, 3.63) is 35.4 Å². The minimum absolute atomic E-state index is 0.217. The quantitative estimate of drug-likeness (QED) is 0.685.